The van der Waals surface area contributed by atoms with E-state index in [2.05, 4.69) is 11.8 Å². The monoisotopic (exact) mass is 560 g/mol. The molecule has 1 aromatic heterocycles. The minimum atomic E-state index is -0.686. The highest BCUT2D eigenvalue weighted by atomic mass is 35.5. The summed E-state index contributed by atoms with van der Waals surface area (Å²) in [5, 5.41) is 30.1. The van der Waals surface area contributed by atoms with Gasteiger partial charge in [0.2, 0.25) is 0 Å². The number of halogens is 2. The molecule has 9 heteroatoms. The van der Waals surface area contributed by atoms with Crippen molar-refractivity contribution in [3.63, 3.8) is 0 Å². The van der Waals surface area contributed by atoms with E-state index in [4.69, 9.17) is 27.9 Å². The average Bonchev–Trinajstić information content (AvgIpc) is 3.22. The lowest BCUT2D eigenvalue weighted by Gasteiger charge is -2.35. The summed E-state index contributed by atoms with van der Waals surface area (Å²) < 4.78 is 7.16. The summed E-state index contributed by atoms with van der Waals surface area (Å²) in [6.07, 6.45) is 3.25. The first-order valence-electron chi connectivity index (χ1n) is 12.9. The summed E-state index contributed by atoms with van der Waals surface area (Å²) >= 11 is 12.7. The quantitative estimate of drug-likeness (QED) is 0.240. The van der Waals surface area contributed by atoms with Gasteiger partial charge in [0.05, 0.1) is 17.5 Å². The van der Waals surface area contributed by atoms with Crippen LogP contribution in [0.15, 0.2) is 54.6 Å². The van der Waals surface area contributed by atoms with Crippen LogP contribution in [0.4, 0.5) is 0 Å². The fraction of sp³-hybridized carbons (Fsp3) is 0.414. The molecule has 1 aliphatic rings. The maximum atomic E-state index is 11.4. The minimum Gasteiger partial charge on any atom is -0.494 e. The number of hydrogen-bond acceptors (Lipinski definition) is 5. The number of rotatable bonds is 11. The van der Waals surface area contributed by atoms with Gasteiger partial charge in [0, 0.05) is 36.3 Å². The first kappa shape index (κ1) is 28.1. The summed E-state index contributed by atoms with van der Waals surface area (Å²) in [6, 6.07) is 16.6. The Morgan fingerprint density at radius 3 is 2.29 bits per heavy atom. The molecule has 1 saturated carbocycles. The molecule has 1 fully saturated rings. The number of aromatic nitrogens is 1. The summed E-state index contributed by atoms with van der Waals surface area (Å²) in [5.74, 6) is -0.0116. The fourth-order valence-electron chi connectivity index (χ4n) is 5.15. The number of ether oxygens (including phenoxy) is 1. The second-order valence-electron chi connectivity index (χ2n) is 10.0. The Kier molecular flexibility index (Phi) is 9.47. The lowest BCUT2D eigenvalue weighted by Crippen LogP contribution is -2.34. The van der Waals surface area contributed by atoms with Crippen LogP contribution in [0.25, 0.3) is 0 Å². The lowest BCUT2D eigenvalue weighted by atomic mass is 9.81. The molecule has 0 amide bonds. The molecule has 3 N–H and O–H groups in total. The van der Waals surface area contributed by atoms with Crippen molar-refractivity contribution in [1.29, 1.82) is 0 Å². The van der Waals surface area contributed by atoms with Crippen LogP contribution in [0.3, 0.4) is 0 Å². The highest BCUT2D eigenvalue weighted by Crippen LogP contribution is 2.34. The molecule has 3 aromatic rings. The Hall–Kier alpha value is -2.87. The van der Waals surface area contributed by atoms with Crippen molar-refractivity contribution in [3.8, 4) is 17.5 Å². The van der Waals surface area contributed by atoms with Crippen LogP contribution < -0.4 is 4.74 Å². The van der Waals surface area contributed by atoms with Crippen molar-refractivity contribution < 1.29 is 24.9 Å². The standard InChI is InChI=1S/C29H34Cl2N2O5/c1-19(22-7-9-24(30)10-8-22)32(17-20-2-5-23(6-3-20)29(36)37)18-21-4-11-26(25(31)16-21)38-15-14-33-27(34)12-13-28(33)35/h4,7-13,16,19-20,23,34-35H,2-3,5-6,14-15,17-18H2,1H3,(H,36,37). The van der Waals surface area contributed by atoms with E-state index in [9.17, 15) is 20.1 Å². The third kappa shape index (κ3) is 7.16. The topological polar surface area (TPSA) is 95.2 Å². The summed E-state index contributed by atoms with van der Waals surface area (Å²) in [4.78, 5) is 13.8. The Labute approximate surface area is 233 Å². The number of carboxylic acids is 1. The maximum Gasteiger partial charge on any atom is 0.306 e. The van der Waals surface area contributed by atoms with Gasteiger partial charge in [0.15, 0.2) is 11.8 Å². The zero-order chi connectivity index (χ0) is 27.2. The Balaban J connectivity index is 1.43. The first-order chi connectivity index (χ1) is 18.2. The molecule has 204 valence electrons. The van der Waals surface area contributed by atoms with Crippen molar-refractivity contribution in [2.45, 2.75) is 51.7 Å². The van der Waals surface area contributed by atoms with E-state index in [0.29, 0.717) is 28.3 Å². The number of carboxylic acid groups (broad SMARTS) is 1. The van der Waals surface area contributed by atoms with Crippen molar-refractivity contribution in [2.75, 3.05) is 13.2 Å². The molecular weight excluding hydrogens is 527 g/mol. The molecule has 1 atom stereocenters. The van der Waals surface area contributed by atoms with Gasteiger partial charge in [0.1, 0.15) is 12.4 Å². The molecular formula is C29H34Cl2N2O5. The molecule has 38 heavy (non-hydrogen) atoms. The highest BCUT2D eigenvalue weighted by molar-refractivity contribution is 6.32. The summed E-state index contributed by atoms with van der Waals surface area (Å²) in [6.45, 7) is 4.22. The third-order valence-corrected chi connectivity index (χ3v) is 8.03. The molecule has 1 unspecified atom stereocenters. The molecule has 0 bridgehead atoms. The van der Waals surface area contributed by atoms with Crippen molar-refractivity contribution in [1.82, 2.24) is 9.47 Å². The third-order valence-electron chi connectivity index (χ3n) is 7.48. The molecule has 4 rings (SSSR count). The van der Waals surface area contributed by atoms with Crippen LogP contribution in [0.5, 0.6) is 17.5 Å². The van der Waals surface area contributed by atoms with Gasteiger partial charge in [-0.2, -0.15) is 0 Å². The van der Waals surface area contributed by atoms with E-state index in [1.165, 1.54) is 16.7 Å². The molecule has 0 aliphatic heterocycles. The number of carbonyl (C=O) groups is 1. The van der Waals surface area contributed by atoms with Crippen molar-refractivity contribution in [2.24, 2.45) is 11.8 Å². The number of aliphatic carboxylic acids is 1. The van der Waals surface area contributed by atoms with Crippen molar-refractivity contribution in [3.05, 3.63) is 75.8 Å². The fourth-order valence-corrected chi connectivity index (χ4v) is 5.54. The number of hydrogen-bond donors (Lipinski definition) is 3. The largest absolute Gasteiger partial charge is 0.494 e. The van der Waals surface area contributed by atoms with E-state index in [0.717, 1.165) is 43.4 Å². The van der Waals surface area contributed by atoms with E-state index >= 15 is 0 Å². The normalized spacial score (nSPS) is 18.4. The Bertz CT molecular complexity index is 1200. The Morgan fingerprint density at radius 1 is 1.03 bits per heavy atom. The van der Waals surface area contributed by atoms with Gasteiger partial charge in [-0.3, -0.25) is 14.3 Å². The second kappa shape index (κ2) is 12.8. The van der Waals surface area contributed by atoms with Gasteiger partial charge in [0.25, 0.3) is 0 Å². The van der Waals surface area contributed by atoms with E-state index in [1.54, 1.807) is 0 Å². The van der Waals surface area contributed by atoms with Gasteiger partial charge in [-0.1, -0.05) is 41.4 Å². The van der Waals surface area contributed by atoms with E-state index in [1.807, 2.05) is 42.5 Å². The van der Waals surface area contributed by atoms with Gasteiger partial charge >= 0.3 is 5.97 Å². The molecule has 0 spiro atoms. The zero-order valence-electron chi connectivity index (χ0n) is 21.4. The molecule has 1 heterocycles. The SMILES string of the molecule is CC(c1ccc(Cl)cc1)N(Cc1ccc(OCCn2c(O)ccc2O)c(Cl)c1)CC1CCC(C(=O)O)CC1. The van der Waals surface area contributed by atoms with Crippen LogP contribution in [0.2, 0.25) is 10.0 Å². The Morgan fingerprint density at radius 2 is 1.68 bits per heavy atom. The van der Waals surface area contributed by atoms with Gasteiger partial charge < -0.3 is 20.1 Å². The zero-order valence-corrected chi connectivity index (χ0v) is 22.9. The summed E-state index contributed by atoms with van der Waals surface area (Å²) in [5.41, 5.74) is 2.21. The number of aromatic hydroxyl groups is 2. The van der Waals surface area contributed by atoms with Crippen LogP contribution >= 0.6 is 23.2 Å². The van der Waals surface area contributed by atoms with E-state index < -0.39 is 5.97 Å². The molecule has 2 aromatic carbocycles. The second-order valence-corrected chi connectivity index (χ2v) is 10.9. The predicted octanol–water partition coefficient (Wildman–Crippen LogP) is 6.74. The minimum absolute atomic E-state index is 0.0288. The smallest absolute Gasteiger partial charge is 0.306 e. The predicted molar refractivity (Wildman–Crippen MR) is 148 cm³/mol. The van der Waals surface area contributed by atoms with Crippen LogP contribution in [0, 0.1) is 11.8 Å². The van der Waals surface area contributed by atoms with Crippen LogP contribution in [-0.4, -0.2) is 43.9 Å². The number of nitrogens with zero attached hydrogens (tertiary/aromatic N) is 2. The van der Waals surface area contributed by atoms with Gasteiger partial charge in [-0.15, -0.1) is 0 Å². The maximum absolute atomic E-state index is 11.4. The summed E-state index contributed by atoms with van der Waals surface area (Å²) in [7, 11) is 0. The molecule has 1 aliphatic carbocycles. The average molecular weight is 562 g/mol. The highest BCUT2D eigenvalue weighted by Gasteiger charge is 2.28. The molecule has 0 saturated heterocycles. The molecule has 7 nitrogen and oxygen atoms in total. The van der Waals surface area contributed by atoms with Crippen LogP contribution in [-0.2, 0) is 17.9 Å². The molecule has 0 radical (unpaired) electrons. The van der Waals surface area contributed by atoms with E-state index in [-0.39, 0.29) is 36.9 Å². The van der Waals surface area contributed by atoms with Gasteiger partial charge in [-0.05, 0) is 73.9 Å². The number of benzene rings is 2. The first-order valence-corrected chi connectivity index (χ1v) is 13.7. The lowest BCUT2D eigenvalue weighted by molar-refractivity contribution is -0.143. The van der Waals surface area contributed by atoms with Crippen LogP contribution in [0.1, 0.15) is 49.8 Å². The van der Waals surface area contributed by atoms with Crippen molar-refractivity contribution >= 4 is 29.2 Å². The van der Waals surface area contributed by atoms with Gasteiger partial charge in [-0.25, -0.2) is 0 Å².